The highest BCUT2D eigenvalue weighted by Crippen LogP contribution is 2.12. The van der Waals surface area contributed by atoms with E-state index in [9.17, 15) is 0 Å². The van der Waals surface area contributed by atoms with E-state index in [4.69, 9.17) is 0 Å². The molecule has 0 saturated carbocycles. The second kappa shape index (κ2) is 8.67. The summed E-state index contributed by atoms with van der Waals surface area (Å²) in [4.78, 5) is 2.51. The maximum Gasteiger partial charge on any atom is 0.0170 e. The second-order valence-corrected chi connectivity index (χ2v) is 6.76. The van der Waals surface area contributed by atoms with Crippen molar-refractivity contribution in [2.75, 3.05) is 43.7 Å². The van der Waals surface area contributed by atoms with Gasteiger partial charge in [-0.05, 0) is 45.4 Å². The smallest absolute Gasteiger partial charge is 0.0170 e. The topological polar surface area (TPSA) is 15.3 Å². The van der Waals surface area contributed by atoms with E-state index in [-0.39, 0.29) is 0 Å². The Bertz CT molecular complexity index is 172. The Hall–Kier alpha value is 0.620. The van der Waals surface area contributed by atoms with Gasteiger partial charge >= 0.3 is 0 Å². The fraction of sp³-hybridized carbons (Fsp3) is 1.00. The number of thioether (sulfide) groups is 2. The van der Waals surface area contributed by atoms with Crippen LogP contribution in [0, 0.1) is 0 Å². The molecule has 2 nitrogen and oxygen atoms in total. The summed E-state index contributed by atoms with van der Waals surface area (Å²) in [6.07, 6.45) is 4.80. The lowest BCUT2D eigenvalue weighted by Gasteiger charge is -2.28. The van der Waals surface area contributed by atoms with Crippen LogP contribution >= 0.6 is 23.5 Å². The fourth-order valence-electron chi connectivity index (χ4n) is 1.89. The molecule has 1 rings (SSSR count). The van der Waals surface area contributed by atoms with E-state index in [0.29, 0.717) is 0 Å². The molecule has 2 unspecified atom stereocenters. The molecule has 1 heterocycles. The first-order valence-electron chi connectivity index (χ1n) is 6.24. The Kier molecular flexibility index (Phi) is 7.96. The Morgan fingerprint density at radius 1 is 1.56 bits per heavy atom. The van der Waals surface area contributed by atoms with E-state index >= 15 is 0 Å². The van der Waals surface area contributed by atoms with Crippen molar-refractivity contribution in [1.82, 2.24) is 10.2 Å². The summed E-state index contributed by atoms with van der Waals surface area (Å²) >= 11 is 4.04. The van der Waals surface area contributed by atoms with E-state index in [1.165, 1.54) is 43.2 Å². The van der Waals surface area contributed by atoms with Gasteiger partial charge in [0, 0.05) is 30.1 Å². The standard InChI is InChI=1S/C12H26N2S2/c1-11(5-8-15-3)14(2)7-4-12-10-16-9-6-13-12/h11-13H,4-10H2,1-3H3. The van der Waals surface area contributed by atoms with Crippen molar-refractivity contribution in [2.24, 2.45) is 0 Å². The van der Waals surface area contributed by atoms with E-state index in [1.807, 2.05) is 11.8 Å². The zero-order valence-electron chi connectivity index (χ0n) is 10.9. The largest absolute Gasteiger partial charge is 0.312 e. The first-order valence-corrected chi connectivity index (χ1v) is 8.79. The van der Waals surface area contributed by atoms with Gasteiger partial charge in [0.05, 0.1) is 0 Å². The highest BCUT2D eigenvalue weighted by atomic mass is 32.2. The Morgan fingerprint density at radius 2 is 2.38 bits per heavy atom. The lowest BCUT2D eigenvalue weighted by Crippen LogP contribution is -2.41. The summed E-state index contributed by atoms with van der Waals surface area (Å²) in [6.45, 7) is 4.77. The molecule has 4 heteroatoms. The van der Waals surface area contributed by atoms with Crippen molar-refractivity contribution in [3.63, 3.8) is 0 Å². The average molecular weight is 262 g/mol. The molecule has 16 heavy (non-hydrogen) atoms. The van der Waals surface area contributed by atoms with Crippen LogP contribution in [0.15, 0.2) is 0 Å². The minimum Gasteiger partial charge on any atom is -0.312 e. The van der Waals surface area contributed by atoms with Crippen LogP contribution < -0.4 is 5.32 Å². The number of nitrogens with one attached hydrogen (secondary N) is 1. The predicted octanol–water partition coefficient (Wildman–Crippen LogP) is 2.15. The van der Waals surface area contributed by atoms with Gasteiger partial charge in [0.25, 0.3) is 0 Å². The van der Waals surface area contributed by atoms with Crippen molar-refractivity contribution in [1.29, 1.82) is 0 Å². The summed E-state index contributed by atoms with van der Waals surface area (Å²) in [6, 6.07) is 1.47. The Balaban J connectivity index is 2.10. The van der Waals surface area contributed by atoms with E-state index < -0.39 is 0 Å². The third-order valence-electron chi connectivity index (χ3n) is 3.32. The minimum atomic E-state index is 0.726. The number of hydrogen-bond acceptors (Lipinski definition) is 4. The van der Waals surface area contributed by atoms with Crippen molar-refractivity contribution < 1.29 is 0 Å². The van der Waals surface area contributed by atoms with Gasteiger partial charge in [-0.2, -0.15) is 23.5 Å². The van der Waals surface area contributed by atoms with Crippen molar-refractivity contribution in [3.05, 3.63) is 0 Å². The molecule has 0 amide bonds. The van der Waals surface area contributed by atoms with Crippen LogP contribution in [-0.4, -0.2) is 60.6 Å². The van der Waals surface area contributed by atoms with E-state index in [2.05, 4.69) is 42.2 Å². The molecule has 1 saturated heterocycles. The maximum absolute atomic E-state index is 3.60. The van der Waals surface area contributed by atoms with Gasteiger partial charge in [0.1, 0.15) is 0 Å². The van der Waals surface area contributed by atoms with Crippen LogP contribution in [0.2, 0.25) is 0 Å². The number of rotatable bonds is 7. The monoisotopic (exact) mass is 262 g/mol. The summed E-state index contributed by atoms with van der Waals surface area (Å²) in [7, 11) is 2.26. The van der Waals surface area contributed by atoms with Gasteiger partial charge in [0.15, 0.2) is 0 Å². The van der Waals surface area contributed by atoms with E-state index in [0.717, 1.165) is 12.1 Å². The molecule has 0 radical (unpaired) electrons. The molecule has 1 N–H and O–H groups in total. The van der Waals surface area contributed by atoms with Crippen LogP contribution in [-0.2, 0) is 0 Å². The summed E-state index contributed by atoms with van der Waals surface area (Å²) < 4.78 is 0. The number of hydrogen-bond donors (Lipinski definition) is 1. The first kappa shape index (κ1) is 14.7. The quantitative estimate of drug-likeness (QED) is 0.756. The molecule has 0 aliphatic carbocycles. The first-order chi connectivity index (χ1) is 7.74. The molecule has 0 aromatic carbocycles. The Labute approximate surface area is 109 Å². The van der Waals surface area contributed by atoms with Crippen LogP contribution in [0.25, 0.3) is 0 Å². The predicted molar refractivity (Wildman–Crippen MR) is 78.8 cm³/mol. The van der Waals surface area contributed by atoms with Gasteiger partial charge in [-0.25, -0.2) is 0 Å². The molecule has 1 fully saturated rings. The normalized spacial score (nSPS) is 23.6. The van der Waals surface area contributed by atoms with Gasteiger partial charge in [-0.1, -0.05) is 0 Å². The SMILES string of the molecule is CSCCC(C)N(C)CCC1CSCCN1. The molecule has 0 aromatic heterocycles. The summed E-state index contributed by atoms with van der Waals surface area (Å²) in [5.74, 6) is 3.87. The molecule has 2 atom stereocenters. The summed E-state index contributed by atoms with van der Waals surface area (Å²) in [5, 5.41) is 3.60. The molecule has 0 aromatic rings. The Morgan fingerprint density at radius 3 is 3.00 bits per heavy atom. The van der Waals surface area contributed by atoms with Gasteiger partial charge in [-0.3, -0.25) is 0 Å². The van der Waals surface area contributed by atoms with Crippen molar-refractivity contribution in [2.45, 2.75) is 31.8 Å². The molecule has 96 valence electrons. The maximum atomic E-state index is 3.60. The van der Waals surface area contributed by atoms with Crippen LogP contribution in [0.1, 0.15) is 19.8 Å². The van der Waals surface area contributed by atoms with Crippen molar-refractivity contribution >= 4 is 23.5 Å². The molecule has 1 aliphatic rings. The second-order valence-electron chi connectivity index (χ2n) is 4.63. The fourth-order valence-corrected chi connectivity index (χ4v) is 3.47. The van der Waals surface area contributed by atoms with Crippen LogP contribution in [0.5, 0.6) is 0 Å². The minimum absolute atomic E-state index is 0.726. The highest BCUT2D eigenvalue weighted by molar-refractivity contribution is 7.99. The average Bonchev–Trinajstić information content (AvgIpc) is 2.34. The molecular formula is C12H26N2S2. The molecule has 0 spiro atoms. The highest BCUT2D eigenvalue weighted by Gasteiger charge is 2.15. The van der Waals surface area contributed by atoms with Crippen molar-refractivity contribution in [3.8, 4) is 0 Å². The van der Waals surface area contributed by atoms with Gasteiger partial charge < -0.3 is 10.2 Å². The van der Waals surface area contributed by atoms with Crippen LogP contribution in [0.4, 0.5) is 0 Å². The van der Waals surface area contributed by atoms with E-state index in [1.54, 1.807) is 0 Å². The van der Waals surface area contributed by atoms with Gasteiger partial charge in [0.2, 0.25) is 0 Å². The lowest BCUT2D eigenvalue weighted by atomic mass is 10.2. The zero-order valence-corrected chi connectivity index (χ0v) is 12.5. The molecular weight excluding hydrogens is 236 g/mol. The molecule has 1 aliphatic heterocycles. The third kappa shape index (κ3) is 5.80. The zero-order chi connectivity index (χ0) is 11.8. The third-order valence-corrected chi connectivity index (χ3v) is 5.10. The molecule has 0 bridgehead atoms. The lowest BCUT2D eigenvalue weighted by molar-refractivity contribution is 0.241. The summed E-state index contributed by atoms with van der Waals surface area (Å²) in [5.41, 5.74) is 0. The van der Waals surface area contributed by atoms with Gasteiger partial charge in [-0.15, -0.1) is 0 Å². The van der Waals surface area contributed by atoms with Crippen LogP contribution in [0.3, 0.4) is 0 Å². The number of nitrogens with zero attached hydrogens (tertiary/aromatic N) is 1.